The Balaban J connectivity index is 1.51. The number of carbonyl (C=O) groups excluding carboxylic acids is 3. The zero-order valence-corrected chi connectivity index (χ0v) is 13.3. The third kappa shape index (κ3) is 2.24. The number of fused-ring (bicyclic) bond motifs is 1. The third-order valence-corrected chi connectivity index (χ3v) is 4.93. The van der Waals surface area contributed by atoms with Crippen molar-refractivity contribution in [2.75, 3.05) is 13.1 Å². The first-order valence-electron chi connectivity index (χ1n) is 7.99. The van der Waals surface area contributed by atoms with E-state index in [0.29, 0.717) is 31.6 Å². The van der Waals surface area contributed by atoms with E-state index in [1.165, 1.54) is 0 Å². The predicted molar refractivity (Wildman–Crippen MR) is 87.6 cm³/mol. The number of aryl methyl sites for hydroxylation is 1. The van der Waals surface area contributed by atoms with E-state index in [4.69, 9.17) is 0 Å². The Labute approximate surface area is 138 Å². The number of piperidine rings is 1. The van der Waals surface area contributed by atoms with Gasteiger partial charge in [-0.1, -0.05) is 12.1 Å². The summed E-state index contributed by atoms with van der Waals surface area (Å²) < 4.78 is 0. The van der Waals surface area contributed by atoms with E-state index in [1.54, 1.807) is 4.90 Å². The molecule has 4 amide bonds. The van der Waals surface area contributed by atoms with Crippen molar-refractivity contribution in [2.24, 2.45) is 0 Å². The van der Waals surface area contributed by atoms with Gasteiger partial charge in [0.15, 0.2) is 0 Å². The number of aromatic nitrogens is 1. The lowest BCUT2D eigenvalue weighted by Crippen LogP contribution is -2.55. The number of hydrogen-bond acceptors (Lipinski definition) is 3. The monoisotopic (exact) mass is 326 g/mol. The first-order chi connectivity index (χ1) is 11.5. The number of rotatable bonds is 1. The summed E-state index contributed by atoms with van der Waals surface area (Å²) in [6.45, 7) is 2.87. The molecule has 3 heterocycles. The van der Waals surface area contributed by atoms with Crippen LogP contribution in [-0.4, -0.2) is 46.4 Å². The molecular weight excluding hydrogens is 308 g/mol. The van der Waals surface area contributed by atoms with Crippen LogP contribution in [0, 0.1) is 6.92 Å². The van der Waals surface area contributed by atoms with Crippen LogP contribution in [0.5, 0.6) is 0 Å². The van der Waals surface area contributed by atoms with Gasteiger partial charge in [0.2, 0.25) is 0 Å². The van der Waals surface area contributed by atoms with Crippen molar-refractivity contribution in [1.82, 2.24) is 20.5 Å². The molecule has 2 aromatic rings. The molecule has 7 nitrogen and oxygen atoms in total. The normalized spacial score (nSPS) is 19.6. The van der Waals surface area contributed by atoms with Crippen LogP contribution < -0.4 is 10.6 Å². The number of nitrogens with one attached hydrogen (secondary N) is 3. The Bertz CT molecular complexity index is 862. The fourth-order valence-electron chi connectivity index (χ4n) is 3.50. The molecule has 24 heavy (non-hydrogen) atoms. The average Bonchev–Trinajstić information content (AvgIpc) is 3.08. The van der Waals surface area contributed by atoms with Crippen LogP contribution >= 0.6 is 0 Å². The number of hydrogen-bond donors (Lipinski definition) is 3. The quantitative estimate of drug-likeness (QED) is 0.689. The van der Waals surface area contributed by atoms with Gasteiger partial charge in [-0.2, -0.15) is 0 Å². The minimum absolute atomic E-state index is 0.0802. The number of urea groups is 1. The van der Waals surface area contributed by atoms with Crippen LogP contribution in [0.25, 0.3) is 10.9 Å². The molecule has 0 saturated carbocycles. The number of aromatic amines is 1. The molecule has 1 aromatic heterocycles. The number of amides is 4. The van der Waals surface area contributed by atoms with Gasteiger partial charge in [0, 0.05) is 24.0 Å². The standard InChI is InChI=1S/C17H18N4O3/c1-10-2-3-11-9-13(18-12(11)8-10)14(22)21-6-4-17(5-7-21)15(23)19-16(24)20-17/h2-3,8-9,18H,4-7H2,1H3,(H2,19,20,23,24). The second kappa shape index (κ2) is 5.09. The zero-order valence-electron chi connectivity index (χ0n) is 13.3. The molecule has 0 aliphatic carbocycles. The molecule has 2 saturated heterocycles. The highest BCUT2D eigenvalue weighted by Gasteiger charge is 2.48. The van der Waals surface area contributed by atoms with E-state index < -0.39 is 11.6 Å². The number of benzene rings is 1. The summed E-state index contributed by atoms with van der Waals surface area (Å²) in [6.07, 6.45) is 0.852. The SMILES string of the molecule is Cc1ccc2cc(C(=O)N3CCC4(CC3)NC(=O)NC4=O)[nH]c2c1. The maximum Gasteiger partial charge on any atom is 0.322 e. The van der Waals surface area contributed by atoms with Gasteiger partial charge in [-0.25, -0.2) is 4.79 Å². The van der Waals surface area contributed by atoms with Gasteiger partial charge in [-0.3, -0.25) is 14.9 Å². The largest absolute Gasteiger partial charge is 0.351 e. The van der Waals surface area contributed by atoms with E-state index in [0.717, 1.165) is 16.5 Å². The minimum Gasteiger partial charge on any atom is -0.351 e. The van der Waals surface area contributed by atoms with Crippen molar-refractivity contribution in [1.29, 1.82) is 0 Å². The molecule has 3 N–H and O–H groups in total. The van der Waals surface area contributed by atoms with Gasteiger partial charge >= 0.3 is 6.03 Å². The predicted octanol–water partition coefficient (Wildman–Crippen LogP) is 1.29. The third-order valence-electron chi connectivity index (χ3n) is 4.93. The lowest BCUT2D eigenvalue weighted by atomic mass is 9.87. The van der Waals surface area contributed by atoms with Crippen LogP contribution in [-0.2, 0) is 4.79 Å². The Morgan fingerprint density at radius 2 is 1.92 bits per heavy atom. The molecule has 2 fully saturated rings. The first-order valence-corrected chi connectivity index (χ1v) is 7.99. The number of nitrogens with zero attached hydrogens (tertiary/aromatic N) is 1. The van der Waals surface area contributed by atoms with Crippen molar-refractivity contribution in [2.45, 2.75) is 25.3 Å². The van der Waals surface area contributed by atoms with E-state index in [1.807, 2.05) is 31.2 Å². The molecular formula is C17H18N4O3. The van der Waals surface area contributed by atoms with Crippen molar-refractivity contribution in [3.8, 4) is 0 Å². The van der Waals surface area contributed by atoms with Gasteiger partial charge < -0.3 is 15.2 Å². The van der Waals surface area contributed by atoms with Crippen LogP contribution in [0.1, 0.15) is 28.9 Å². The molecule has 1 aromatic carbocycles. The lowest BCUT2D eigenvalue weighted by Gasteiger charge is -2.36. The zero-order chi connectivity index (χ0) is 16.9. The maximum atomic E-state index is 12.7. The smallest absolute Gasteiger partial charge is 0.322 e. The molecule has 0 radical (unpaired) electrons. The Morgan fingerprint density at radius 3 is 2.58 bits per heavy atom. The molecule has 0 bridgehead atoms. The van der Waals surface area contributed by atoms with Crippen molar-refractivity contribution in [3.63, 3.8) is 0 Å². The van der Waals surface area contributed by atoms with Gasteiger partial charge in [0.25, 0.3) is 11.8 Å². The second-order valence-electron chi connectivity index (χ2n) is 6.56. The molecule has 0 unspecified atom stereocenters. The van der Waals surface area contributed by atoms with E-state index in [-0.39, 0.29) is 11.8 Å². The molecule has 2 aliphatic heterocycles. The average molecular weight is 326 g/mol. The molecule has 0 atom stereocenters. The molecule has 7 heteroatoms. The van der Waals surface area contributed by atoms with Crippen molar-refractivity contribution < 1.29 is 14.4 Å². The molecule has 4 rings (SSSR count). The number of H-pyrrole nitrogens is 1. The van der Waals surface area contributed by atoms with E-state index in [9.17, 15) is 14.4 Å². The summed E-state index contributed by atoms with van der Waals surface area (Å²) in [5.41, 5.74) is 1.76. The van der Waals surface area contributed by atoms with Gasteiger partial charge in [0.1, 0.15) is 11.2 Å². The fraction of sp³-hybridized carbons (Fsp3) is 0.353. The number of carbonyl (C=O) groups is 3. The van der Waals surface area contributed by atoms with E-state index >= 15 is 0 Å². The van der Waals surface area contributed by atoms with Crippen LogP contribution in [0.2, 0.25) is 0 Å². The minimum atomic E-state index is -0.856. The highest BCUT2D eigenvalue weighted by Crippen LogP contribution is 2.27. The molecule has 124 valence electrons. The number of imide groups is 1. The molecule has 1 spiro atoms. The van der Waals surface area contributed by atoms with Gasteiger partial charge in [-0.15, -0.1) is 0 Å². The summed E-state index contributed by atoms with van der Waals surface area (Å²) in [4.78, 5) is 40.9. The van der Waals surface area contributed by atoms with Crippen LogP contribution in [0.3, 0.4) is 0 Å². The lowest BCUT2D eigenvalue weighted by molar-refractivity contribution is -0.125. The summed E-state index contributed by atoms with van der Waals surface area (Å²) in [5, 5.41) is 5.98. The maximum absolute atomic E-state index is 12.7. The first kappa shape index (κ1) is 14.7. The van der Waals surface area contributed by atoms with Gasteiger partial charge in [-0.05, 0) is 37.5 Å². The van der Waals surface area contributed by atoms with Crippen LogP contribution in [0.15, 0.2) is 24.3 Å². The molecule has 2 aliphatic rings. The number of likely N-dealkylation sites (tertiary alicyclic amines) is 1. The Morgan fingerprint density at radius 1 is 1.17 bits per heavy atom. The van der Waals surface area contributed by atoms with E-state index in [2.05, 4.69) is 15.6 Å². The highest BCUT2D eigenvalue weighted by atomic mass is 16.2. The van der Waals surface area contributed by atoms with Crippen molar-refractivity contribution >= 4 is 28.7 Å². The second-order valence-corrected chi connectivity index (χ2v) is 6.56. The summed E-state index contributed by atoms with van der Waals surface area (Å²) in [7, 11) is 0. The summed E-state index contributed by atoms with van der Waals surface area (Å²) in [6, 6.07) is 7.41. The Hall–Kier alpha value is -2.83. The fourth-order valence-corrected chi connectivity index (χ4v) is 3.50. The highest BCUT2D eigenvalue weighted by molar-refractivity contribution is 6.07. The summed E-state index contributed by atoms with van der Waals surface area (Å²) >= 11 is 0. The summed E-state index contributed by atoms with van der Waals surface area (Å²) in [5.74, 6) is -0.371. The van der Waals surface area contributed by atoms with Crippen molar-refractivity contribution in [3.05, 3.63) is 35.5 Å². The Kier molecular flexibility index (Phi) is 3.13. The topological polar surface area (TPSA) is 94.3 Å². The van der Waals surface area contributed by atoms with Gasteiger partial charge in [0.05, 0.1) is 0 Å². The van der Waals surface area contributed by atoms with Crippen LogP contribution in [0.4, 0.5) is 4.79 Å².